The third-order valence-corrected chi connectivity index (χ3v) is 3.21. The predicted octanol–water partition coefficient (Wildman–Crippen LogP) is 2.80. The Bertz CT molecular complexity index is 447. The van der Waals surface area contributed by atoms with Gasteiger partial charge >= 0.3 is 13.2 Å². The summed E-state index contributed by atoms with van der Waals surface area (Å²) >= 11 is 0. The number of ether oxygens (including phenoxy) is 1. The summed E-state index contributed by atoms with van der Waals surface area (Å²) < 4.78 is 16.2. The van der Waals surface area contributed by atoms with Crippen LogP contribution in [0.3, 0.4) is 0 Å². The Kier molecular flexibility index (Phi) is 6.72. The van der Waals surface area contributed by atoms with Crippen molar-refractivity contribution in [3.8, 4) is 0 Å². The van der Waals surface area contributed by atoms with Crippen LogP contribution in [0.1, 0.15) is 34.1 Å². The van der Waals surface area contributed by atoms with E-state index < -0.39 is 13.2 Å². The van der Waals surface area contributed by atoms with Crippen molar-refractivity contribution in [2.24, 2.45) is 0 Å². The Hall–Kier alpha value is -1.53. The van der Waals surface area contributed by atoms with Crippen LogP contribution in [0.2, 0.25) is 0 Å². The highest BCUT2D eigenvalue weighted by molar-refractivity contribution is 6.61. The van der Waals surface area contributed by atoms with Gasteiger partial charge in [-0.2, -0.15) is 0 Å². The third-order valence-electron chi connectivity index (χ3n) is 3.21. The van der Waals surface area contributed by atoms with Crippen molar-refractivity contribution in [2.45, 2.75) is 39.7 Å². The zero-order valence-electron chi connectivity index (χ0n) is 13.4. The Labute approximate surface area is 127 Å². The average molecular weight is 293 g/mol. The SMILES string of the molecule is CCOB(OC(C)(C)CC)c1ccc(NC(=O)OC)cc1. The van der Waals surface area contributed by atoms with E-state index in [1.807, 2.05) is 32.9 Å². The molecule has 0 saturated carbocycles. The molecule has 0 heterocycles. The molecule has 1 aromatic rings. The van der Waals surface area contributed by atoms with Crippen LogP contribution in [0, 0.1) is 0 Å². The van der Waals surface area contributed by atoms with E-state index in [-0.39, 0.29) is 5.60 Å². The quantitative estimate of drug-likeness (QED) is 0.785. The Morgan fingerprint density at radius 1 is 1.24 bits per heavy atom. The van der Waals surface area contributed by atoms with Crippen LogP contribution in [0.15, 0.2) is 24.3 Å². The first-order chi connectivity index (χ1) is 9.91. The standard InChI is InChI=1S/C15H24BNO4/c1-6-15(3,4)21-16(20-7-2)12-8-10-13(11-9-12)17-14(18)19-5/h8-11H,6-7H2,1-5H3,(H,17,18). The molecule has 0 unspecified atom stereocenters. The zero-order chi connectivity index (χ0) is 15.9. The zero-order valence-corrected chi connectivity index (χ0v) is 13.4. The van der Waals surface area contributed by atoms with Crippen molar-refractivity contribution in [2.75, 3.05) is 19.0 Å². The number of rotatable bonds is 7. The predicted molar refractivity (Wildman–Crippen MR) is 84.9 cm³/mol. The first-order valence-corrected chi connectivity index (χ1v) is 7.16. The smallest absolute Gasteiger partial charge is 0.453 e. The van der Waals surface area contributed by atoms with Gasteiger partial charge in [0.2, 0.25) is 0 Å². The maximum absolute atomic E-state index is 11.1. The minimum absolute atomic E-state index is 0.261. The lowest BCUT2D eigenvalue weighted by Gasteiger charge is -2.28. The van der Waals surface area contributed by atoms with E-state index in [2.05, 4.69) is 17.0 Å². The van der Waals surface area contributed by atoms with Crippen LogP contribution in [0.4, 0.5) is 10.5 Å². The maximum Gasteiger partial charge on any atom is 0.494 e. The second kappa shape index (κ2) is 8.05. The number of amides is 1. The number of nitrogens with one attached hydrogen (secondary N) is 1. The van der Waals surface area contributed by atoms with Gasteiger partial charge in [0.05, 0.1) is 7.11 Å². The molecule has 0 radical (unpaired) electrons. The largest absolute Gasteiger partial charge is 0.494 e. The van der Waals surface area contributed by atoms with Crippen LogP contribution in [0.5, 0.6) is 0 Å². The topological polar surface area (TPSA) is 56.8 Å². The van der Waals surface area contributed by atoms with Gasteiger partial charge in [-0.05, 0) is 44.8 Å². The van der Waals surface area contributed by atoms with Gasteiger partial charge in [0.25, 0.3) is 0 Å². The van der Waals surface area contributed by atoms with Crippen molar-refractivity contribution in [1.29, 1.82) is 0 Å². The second-order valence-corrected chi connectivity index (χ2v) is 5.26. The highest BCUT2D eigenvalue weighted by Crippen LogP contribution is 2.16. The molecule has 21 heavy (non-hydrogen) atoms. The van der Waals surface area contributed by atoms with Crippen molar-refractivity contribution in [1.82, 2.24) is 0 Å². The fraction of sp³-hybridized carbons (Fsp3) is 0.533. The Morgan fingerprint density at radius 3 is 2.33 bits per heavy atom. The van der Waals surface area contributed by atoms with E-state index >= 15 is 0 Å². The molecule has 1 N–H and O–H groups in total. The van der Waals surface area contributed by atoms with Crippen molar-refractivity contribution < 1.29 is 18.8 Å². The highest BCUT2D eigenvalue weighted by Gasteiger charge is 2.28. The summed E-state index contributed by atoms with van der Waals surface area (Å²) in [7, 11) is 0.910. The van der Waals surface area contributed by atoms with Crippen LogP contribution in [-0.2, 0) is 14.0 Å². The van der Waals surface area contributed by atoms with Gasteiger partial charge < -0.3 is 14.0 Å². The minimum atomic E-state index is -0.493. The molecular formula is C15H24BNO4. The molecule has 5 nitrogen and oxygen atoms in total. The lowest BCUT2D eigenvalue weighted by Crippen LogP contribution is -2.43. The van der Waals surface area contributed by atoms with Gasteiger partial charge in [-0.25, -0.2) is 4.79 Å². The number of carbonyl (C=O) groups excluding carboxylic acids is 1. The number of anilines is 1. The molecule has 0 aliphatic carbocycles. The van der Waals surface area contributed by atoms with E-state index in [4.69, 9.17) is 9.31 Å². The molecule has 1 aromatic carbocycles. The molecular weight excluding hydrogens is 269 g/mol. The fourth-order valence-corrected chi connectivity index (χ4v) is 1.62. The summed E-state index contributed by atoms with van der Waals surface area (Å²) in [5.41, 5.74) is 1.31. The van der Waals surface area contributed by atoms with Crippen molar-refractivity contribution in [3.63, 3.8) is 0 Å². The summed E-state index contributed by atoms with van der Waals surface area (Å²) in [6.45, 7) is 8.64. The first kappa shape index (κ1) is 17.5. The number of carbonyl (C=O) groups is 1. The Balaban J connectivity index is 2.81. The van der Waals surface area contributed by atoms with Gasteiger partial charge in [-0.15, -0.1) is 0 Å². The maximum atomic E-state index is 11.1. The van der Waals surface area contributed by atoms with E-state index in [0.29, 0.717) is 12.3 Å². The lowest BCUT2D eigenvalue weighted by molar-refractivity contribution is 0.0706. The van der Waals surface area contributed by atoms with Crippen LogP contribution >= 0.6 is 0 Å². The summed E-state index contributed by atoms with van der Waals surface area (Å²) in [6, 6.07) is 7.33. The molecule has 0 aromatic heterocycles. The Morgan fingerprint density at radius 2 is 1.86 bits per heavy atom. The number of methoxy groups -OCH3 is 1. The van der Waals surface area contributed by atoms with Gasteiger partial charge in [-0.1, -0.05) is 19.1 Å². The van der Waals surface area contributed by atoms with Gasteiger partial charge in [0.15, 0.2) is 0 Å². The van der Waals surface area contributed by atoms with Gasteiger partial charge in [0, 0.05) is 17.9 Å². The van der Waals surface area contributed by atoms with Gasteiger partial charge in [-0.3, -0.25) is 5.32 Å². The molecule has 116 valence electrons. The molecule has 0 saturated heterocycles. The lowest BCUT2D eigenvalue weighted by atomic mass is 9.77. The van der Waals surface area contributed by atoms with Crippen molar-refractivity contribution >= 4 is 24.4 Å². The number of hydrogen-bond donors (Lipinski definition) is 1. The molecule has 0 bridgehead atoms. The summed E-state index contributed by atoms with van der Waals surface area (Å²) in [5, 5.41) is 2.61. The minimum Gasteiger partial charge on any atom is -0.453 e. The van der Waals surface area contributed by atoms with Crippen LogP contribution in [0.25, 0.3) is 0 Å². The molecule has 0 aliphatic heterocycles. The van der Waals surface area contributed by atoms with Gasteiger partial charge in [0.1, 0.15) is 0 Å². The monoisotopic (exact) mass is 293 g/mol. The molecule has 1 amide bonds. The molecule has 0 fully saturated rings. The summed E-state index contributed by atoms with van der Waals surface area (Å²) in [6.07, 6.45) is 0.394. The third kappa shape index (κ3) is 5.77. The number of hydrogen-bond acceptors (Lipinski definition) is 4. The normalized spacial score (nSPS) is 11.1. The van der Waals surface area contributed by atoms with E-state index in [0.717, 1.165) is 11.9 Å². The molecule has 0 spiro atoms. The van der Waals surface area contributed by atoms with E-state index in [9.17, 15) is 4.79 Å². The first-order valence-electron chi connectivity index (χ1n) is 7.16. The van der Waals surface area contributed by atoms with Crippen LogP contribution < -0.4 is 10.8 Å². The number of benzene rings is 1. The molecule has 6 heteroatoms. The molecule has 0 aliphatic rings. The van der Waals surface area contributed by atoms with E-state index in [1.165, 1.54) is 7.11 Å². The molecule has 0 atom stereocenters. The summed E-state index contributed by atoms with van der Waals surface area (Å²) in [5.74, 6) is 0. The fourth-order valence-electron chi connectivity index (χ4n) is 1.62. The molecule has 1 rings (SSSR count). The van der Waals surface area contributed by atoms with Crippen molar-refractivity contribution in [3.05, 3.63) is 24.3 Å². The highest BCUT2D eigenvalue weighted by atomic mass is 16.6. The summed E-state index contributed by atoms with van der Waals surface area (Å²) in [4.78, 5) is 11.1. The van der Waals surface area contributed by atoms with Crippen LogP contribution in [-0.4, -0.2) is 32.5 Å². The van der Waals surface area contributed by atoms with E-state index in [1.54, 1.807) is 12.1 Å². The average Bonchev–Trinajstić information content (AvgIpc) is 2.47. The second-order valence-electron chi connectivity index (χ2n) is 5.26.